The number of amides is 1. The van der Waals surface area contributed by atoms with Gasteiger partial charge in [-0.1, -0.05) is 0 Å². The summed E-state index contributed by atoms with van der Waals surface area (Å²) in [6.45, 7) is 2.63. The molecule has 0 spiro atoms. The quantitative estimate of drug-likeness (QED) is 0.758. The number of rotatable bonds is 6. The summed E-state index contributed by atoms with van der Waals surface area (Å²) in [4.78, 5) is 13.5. The Morgan fingerprint density at radius 1 is 1.14 bits per heavy atom. The standard InChI is InChI=1S/C17H23NO4/c19-16-4-3-10-18(16)14-6-8-15(9-7-14)20-12-13-22-17-5-1-2-11-21-17/h6-9,17H,1-5,10-13H2/t17-/m1/s1. The van der Waals surface area contributed by atoms with Gasteiger partial charge >= 0.3 is 0 Å². The second kappa shape index (κ2) is 7.61. The lowest BCUT2D eigenvalue weighted by Gasteiger charge is -2.22. The van der Waals surface area contributed by atoms with E-state index in [0.717, 1.165) is 43.9 Å². The Bertz CT molecular complexity index is 482. The van der Waals surface area contributed by atoms with Crippen LogP contribution in [-0.2, 0) is 14.3 Å². The SMILES string of the molecule is O=C1CCCN1c1ccc(OCCO[C@@H]2CCCCO2)cc1. The second-order valence-electron chi connectivity index (χ2n) is 5.66. The van der Waals surface area contributed by atoms with Gasteiger partial charge in [0.1, 0.15) is 12.4 Å². The van der Waals surface area contributed by atoms with Gasteiger partial charge in [0, 0.05) is 25.3 Å². The van der Waals surface area contributed by atoms with Crippen molar-refractivity contribution in [3.63, 3.8) is 0 Å². The molecule has 2 saturated heterocycles. The Morgan fingerprint density at radius 2 is 2.00 bits per heavy atom. The van der Waals surface area contributed by atoms with Crippen LogP contribution < -0.4 is 9.64 Å². The zero-order valence-electron chi connectivity index (χ0n) is 12.8. The molecule has 22 heavy (non-hydrogen) atoms. The fourth-order valence-electron chi connectivity index (χ4n) is 2.83. The van der Waals surface area contributed by atoms with Crippen molar-refractivity contribution in [1.29, 1.82) is 0 Å². The van der Waals surface area contributed by atoms with Crippen LogP contribution in [0.1, 0.15) is 32.1 Å². The van der Waals surface area contributed by atoms with Gasteiger partial charge in [-0.15, -0.1) is 0 Å². The van der Waals surface area contributed by atoms with Gasteiger partial charge in [-0.05, 0) is 49.9 Å². The van der Waals surface area contributed by atoms with Crippen molar-refractivity contribution < 1.29 is 19.0 Å². The predicted octanol–water partition coefficient (Wildman–Crippen LogP) is 2.74. The lowest BCUT2D eigenvalue weighted by molar-refractivity contribution is -0.165. The molecule has 1 aromatic rings. The van der Waals surface area contributed by atoms with E-state index in [9.17, 15) is 4.79 Å². The molecule has 5 heteroatoms. The first-order chi connectivity index (χ1) is 10.8. The average Bonchev–Trinajstić information content (AvgIpc) is 2.99. The molecule has 0 saturated carbocycles. The Hall–Kier alpha value is -1.59. The van der Waals surface area contributed by atoms with E-state index < -0.39 is 0 Å². The van der Waals surface area contributed by atoms with Gasteiger partial charge in [0.15, 0.2) is 6.29 Å². The average molecular weight is 305 g/mol. The number of carbonyl (C=O) groups is 1. The van der Waals surface area contributed by atoms with E-state index in [-0.39, 0.29) is 12.2 Å². The van der Waals surface area contributed by atoms with Gasteiger partial charge in [0.25, 0.3) is 0 Å². The Kier molecular flexibility index (Phi) is 5.29. The molecule has 0 N–H and O–H groups in total. The van der Waals surface area contributed by atoms with Gasteiger partial charge in [-0.3, -0.25) is 4.79 Å². The van der Waals surface area contributed by atoms with Crippen LogP contribution in [0.3, 0.4) is 0 Å². The molecule has 3 rings (SSSR count). The molecule has 2 aliphatic heterocycles. The number of hydrogen-bond acceptors (Lipinski definition) is 4. The molecule has 5 nitrogen and oxygen atoms in total. The smallest absolute Gasteiger partial charge is 0.227 e. The first-order valence-electron chi connectivity index (χ1n) is 8.09. The third-order valence-corrected chi connectivity index (χ3v) is 4.02. The van der Waals surface area contributed by atoms with E-state index in [0.29, 0.717) is 19.6 Å². The van der Waals surface area contributed by atoms with Crippen molar-refractivity contribution >= 4 is 11.6 Å². The first kappa shape index (κ1) is 15.3. The van der Waals surface area contributed by atoms with Crippen molar-refractivity contribution in [3.8, 4) is 5.75 Å². The van der Waals surface area contributed by atoms with Crippen LogP contribution in [-0.4, -0.2) is 38.6 Å². The molecule has 0 unspecified atom stereocenters. The normalized spacial score (nSPS) is 22.1. The van der Waals surface area contributed by atoms with Crippen molar-refractivity contribution in [2.45, 2.75) is 38.4 Å². The number of carbonyl (C=O) groups excluding carboxylic acids is 1. The lowest BCUT2D eigenvalue weighted by atomic mass is 10.2. The lowest BCUT2D eigenvalue weighted by Crippen LogP contribution is -2.24. The van der Waals surface area contributed by atoms with Crippen LogP contribution in [0, 0.1) is 0 Å². The van der Waals surface area contributed by atoms with E-state index in [2.05, 4.69) is 0 Å². The van der Waals surface area contributed by atoms with Crippen LogP contribution in [0.5, 0.6) is 5.75 Å². The first-order valence-corrected chi connectivity index (χ1v) is 8.09. The maximum absolute atomic E-state index is 11.7. The molecule has 2 fully saturated rings. The fraction of sp³-hybridized carbons (Fsp3) is 0.588. The van der Waals surface area contributed by atoms with Crippen molar-refractivity contribution in [3.05, 3.63) is 24.3 Å². The molecule has 1 amide bonds. The maximum Gasteiger partial charge on any atom is 0.227 e. The van der Waals surface area contributed by atoms with Crippen LogP contribution in [0.25, 0.3) is 0 Å². The number of nitrogens with zero attached hydrogens (tertiary/aromatic N) is 1. The summed E-state index contributed by atoms with van der Waals surface area (Å²) in [6, 6.07) is 7.67. The molecule has 2 heterocycles. The van der Waals surface area contributed by atoms with Gasteiger partial charge < -0.3 is 19.1 Å². The largest absolute Gasteiger partial charge is 0.491 e. The summed E-state index contributed by atoms with van der Waals surface area (Å²) in [5.74, 6) is 0.998. The van der Waals surface area contributed by atoms with Gasteiger partial charge in [0.05, 0.1) is 6.61 Å². The van der Waals surface area contributed by atoms with Crippen LogP contribution >= 0.6 is 0 Å². The highest BCUT2D eigenvalue weighted by Gasteiger charge is 2.21. The number of ether oxygens (including phenoxy) is 3. The van der Waals surface area contributed by atoms with Crippen molar-refractivity contribution in [2.24, 2.45) is 0 Å². The highest BCUT2D eigenvalue weighted by atomic mass is 16.7. The molecule has 2 aliphatic rings. The number of benzene rings is 1. The van der Waals surface area contributed by atoms with Gasteiger partial charge in [0.2, 0.25) is 5.91 Å². The zero-order valence-corrected chi connectivity index (χ0v) is 12.8. The summed E-state index contributed by atoms with van der Waals surface area (Å²) < 4.78 is 16.8. The summed E-state index contributed by atoms with van der Waals surface area (Å²) in [5.41, 5.74) is 0.946. The van der Waals surface area contributed by atoms with Gasteiger partial charge in [-0.25, -0.2) is 0 Å². The van der Waals surface area contributed by atoms with Crippen LogP contribution in [0.15, 0.2) is 24.3 Å². The zero-order chi connectivity index (χ0) is 15.2. The van der Waals surface area contributed by atoms with Crippen molar-refractivity contribution in [1.82, 2.24) is 0 Å². The van der Waals surface area contributed by atoms with E-state index in [1.807, 2.05) is 29.2 Å². The van der Waals surface area contributed by atoms with Gasteiger partial charge in [-0.2, -0.15) is 0 Å². The van der Waals surface area contributed by atoms with E-state index >= 15 is 0 Å². The number of hydrogen-bond donors (Lipinski definition) is 0. The summed E-state index contributed by atoms with van der Waals surface area (Å²) >= 11 is 0. The Balaban J connectivity index is 1.40. The molecule has 1 atom stereocenters. The Labute approximate surface area is 131 Å². The third kappa shape index (κ3) is 3.99. The minimum Gasteiger partial charge on any atom is -0.491 e. The molecule has 0 aromatic heterocycles. The monoisotopic (exact) mass is 305 g/mol. The number of anilines is 1. The molecular weight excluding hydrogens is 282 g/mol. The Morgan fingerprint density at radius 3 is 2.68 bits per heavy atom. The molecular formula is C17H23NO4. The fourth-order valence-corrected chi connectivity index (χ4v) is 2.83. The highest BCUT2D eigenvalue weighted by Crippen LogP contribution is 2.23. The minimum absolute atomic E-state index is 0.0686. The third-order valence-electron chi connectivity index (χ3n) is 4.02. The minimum atomic E-state index is -0.0686. The van der Waals surface area contributed by atoms with Crippen LogP contribution in [0.2, 0.25) is 0 Å². The van der Waals surface area contributed by atoms with Crippen LogP contribution in [0.4, 0.5) is 5.69 Å². The predicted molar refractivity (Wildman–Crippen MR) is 83.1 cm³/mol. The van der Waals surface area contributed by atoms with E-state index in [1.165, 1.54) is 6.42 Å². The topological polar surface area (TPSA) is 48.0 Å². The summed E-state index contributed by atoms with van der Waals surface area (Å²) in [6.07, 6.45) is 4.79. The summed E-state index contributed by atoms with van der Waals surface area (Å²) in [7, 11) is 0. The van der Waals surface area contributed by atoms with Crippen molar-refractivity contribution in [2.75, 3.05) is 31.3 Å². The molecule has 0 aliphatic carbocycles. The molecule has 0 radical (unpaired) electrons. The molecule has 1 aromatic carbocycles. The second-order valence-corrected chi connectivity index (χ2v) is 5.66. The highest BCUT2D eigenvalue weighted by molar-refractivity contribution is 5.95. The maximum atomic E-state index is 11.7. The molecule has 0 bridgehead atoms. The van der Waals surface area contributed by atoms with E-state index in [1.54, 1.807) is 0 Å². The molecule has 120 valence electrons. The summed E-state index contributed by atoms with van der Waals surface area (Å²) in [5, 5.41) is 0. The van der Waals surface area contributed by atoms with E-state index in [4.69, 9.17) is 14.2 Å².